The van der Waals surface area contributed by atoms with Crippen LogP contribution in [0.3, 0.4) is 0 Å². The second-order valence-electron chi connectivity index (χ2n) is 10.7. The molecule has 0 saturated carbocycles. The molecule has 2 heterocycles. The van der Waals surface area contributed by atoms with E-state index in [-0.39, 0.29) is 12.1 Å². The third-order valence-electron chi connectivity index (χ3n) is 7.97. The molecule has 0 radical (unpaired) electrons. The zero-order chi connectivity index (χ0) is 29.2. The van der Waals surface area contributed by atoms with Gasteiger partial charge in [0.1, 0.15) is 25.0 Å². The van der Waals surface area contributed by atoms with Crippen LogP contribution in [0.1, 0.15) is 53.3 Å². The van der Waals surface area contributed by atoms with E-state index >= 15 is 0 Å². The Labute approximate surface area is 255 Å². The molecule has 0 amide bonds. The molecule has 0 fully saturated rings. The van der Waals surface area contributed by atoms with Gasteiger partial charge in [0.15, 0.2) is 17.6 Å². The van der Waals surface area contributed by atoms with Crippen molar-refractivity contribution in [1.29, 1.82) is 0 Å². The average Bonchev–Trinajstić information content (AvgIpc) is 3.01. The van der Waals surface area contributed by atoms with Crippen molar-refractivity contribution >= 4 is 29.2 Å². The minimum atomic E-state index is -0.814. The average molecular weight is 605 g/mol. The molecule has 0 saturated heterocycles. The molecular weight excluding hydrogens is 573 g/mol. The first-order valence-corrected chi connectivity index (χ1v) is 14.8. The number of fused-ring (bicyclic) bond motifs is 2. The number of benzene rings is 4. The van der Waals surface area contributed by atoms with E-state index in [1.165, 1.54) is 0 Å². The van der Waals surface area contributed by atoms with Crippen molar-refractivity contribution in [2.75, 3.05) is 6.61 Å². The summed E-state index contributed by atoms with van der Waals surface area (Å²) in [6.07, 6.45) is 0.897. The van der Waals surface area contributed by atoms with Crippen LogP contribution < -0.4 is 14.2 Å². The highest BCUT2D eigenvalue weighted by atomic mass is 35.5. The minimum absolute atomic E-state index is 0.00645. The minimum Gasteiger partial charge on any atom is -0.489 e. The monoisotopic (exact) mass is 603 g/mol. The number of carboxylic acid groups (broad SMARTS) is 1. The normalized spacial score (nSPS) is 18.6. The standard InChI is InChI=1S/C34H31Cl2NO5/c1-2-29(22-7-4-3-5-8-22)37-18-25-17-32-31(16-24(25)15-30(37)34(38)39)41-20-33(42-32)23-9-6-10-26(14-23)40-19-21-11-12-27(35)28(36)13-21/h3-14,16-17,29-30,33H,2,15,18-20H2,1H3,(H,38,39). The van der Waals surface area contributed by atoms with E-state index in [1.807, 2.05) is 60.7 Å². The molecule has 1 N–H and O–H groups in total. The summed E-state index contributed by atoms with van der Waals surface area (Å²) in [5.74, 6) is 1.20. The molecule has 0 aromatic heterocycles. The fourth-order valence-corrected chi connectivity index (χ4v) is 6.15. The lowest BCUT2D eigenvalue weighted by molar-refractivity contribution is -0.145. The maximum absolute atomic E-state index is 12.4. The van der Waals surface area contributed by atoms with Gasteiger partial charge in [-0.25, -0.2) is 0 Å². The fourth-order valence-electron chi connectivity index (χ4n) is 5.83. The molecule has 6 nitrogen and oxygen atoms in total. The van der Waals surface area contributed by atoms with Crippen LogP contribution in [0.15, 0.2) is 84.9 Å². The smallest absolute Gasteiger partial charge is 0.321 e. The first kappa shape index (κ1) is 28.4. The maximum Gasteiger partial charge on any atom is 0.321 e. The van der Waals surface area contributed by atoms with E-state index in [0.29, 0.717) is 53.5 Å². The molecule has 2 aliphatic heterocycles. The van der Waals surface area contributed by atoms with Gasteiger partial charge in [-0.15, -0.1) is 0 Å². The Bertz CT molecular complexity index is 1590. The van der Waals surface area contributed by atoms with Gasteiger partial charge < -0.3 is 19.3 Å². The number of ether oxygens (including phenoxy) is 3. The van der Waals surface area contributed by atoms with E-state index in [4.69, 9.17) is 37.4 Å². The summed E-state index contributed by atoms with van der Waals surface area (Å²) in [6.45, 7) is 3.30. The molecule has 42 heavy (non-hydrogen) atoms. The highest BCUT2D eigenvalue weighted by Gasteiger charge is 2.37. The molecule has 0 spiro atoms. The lowest BCUT2D eigenvalue weighted by Gasteiger charge is -2.40. The van der Waals surface area contributed by atoms with Crippen molar-refractivity contribution in [3.63, 3.8) is 0 Å². The number of aliphatic carboxylic acids is 1. The van der Waals surface area contributed by atoms with Gasteiger partial charge in [-0.3, -0.25) is 9.69 Å². The molecule has 4 aromatic carbocycles. The molecule has 4 aromatic rings. The highest BCUT2D eigenvalue weighted by Crippen LogP contribution is 2.42. The number of nitrogens with zero attached hydrogens (tertiary/aromatic N) is 1. The molecule has 3 atom stereocenters. The van der Waals surface area contributed by atoms with Crippen LogP contribution in [0.5, 0.6) is 17.2 Å². The van der Waals surface area contributed by atoms with Crippen molar-refractivity contribution in [2.45, 2.75) is 51.1 Å². The molecule has 216 valence electrons. The Morgan fingerprint density at radius 3 is 2.55 bits per heavy atom. The van der Waals surface area contributed by atoms with Crippen molar-refractivity contribution in [3.05, 3.63) is 123 Å². The molecule has 8 heteroatoms. The first-order chi connectivity index (χ1) is 20.4. The van der Waals surface area contributed by atoms with E-state index in [1.54, 1.807) is 12.1 Å². The van der Waals surface area contributed by atoms with Crippen molar-refractivity contribution in [1.82, 2.24) is 4.90 Å². The van der Waals surface area contributed by atoms with Gasteiger partial charge in [0, 0.05) is 12.6 Å². The molecule has 2 aliphatic rings. The molecule has 3 unspecified atom stereocenters. The Morgan fingerprint density at radius 2 is 1.79 bits per heavy atom. The summed E-state index contributed by atoms with van der Waals surface area (Å²) in [5, 5.41) is 11.2. The van der Waals surface area contributed by atoms with Crippen LogP contribution >= 0.6 is 23.2 Å². The van der Waals surface area contributed by atoms with Gasteiger partial charge in [0.05, 0.1) is 10.0 Å². The summed E-state index contributed by atoms with van der Waals surface area (Å²) in [4.78, 5) is 14.5. The quantitative estimate of drug-likeness (QED) is 0.220. The number of carbonyl (C=O) groups is 1. The van der Waals surface area contributed by atoms with E-state index in [2.05, 4.69) is 24.0 Å². The lowest BCUT2D eigenvalue weighted by Crippen LogP contribution is -2.47. The van der Waals surface area contributed by atoms with Crippen molar-refractivity contribution in [2.24, 2.45) is 0 Å². The van der Waals surface area contributed by atoms with E-state index in [0.717, 1.165) is 34.2 Å². The summed E-state index contributed by atoms with van der Waals surface area (Å²) >= 11 is 12.2. The summed E-state index contributed by atoms with van der Waals surface area (Å²) in [7, 11) is 0. The molecule has 0 aliphatic carbocycles. The zero-order valence-corrected chi connectivity index (χ0v) is 24.6. The van der Waals surface area contributed by atoms with Crippen LogP contribution in [-0.4, -0.2) is 28.6 Å². The van der Waals surface area contributed by atoms with Crippen LogP contribution in [0.4, 0.5) is 0 Å². The summed E-state index contributed by atoms with van der Waals surface area (Å²) in [5.41, 5.74) is 5.02. The largest absolute Gasteiger partial charge is 0.489 e. The van der Waals surface area contributed by atoms with Crippen LogP contribution in [0.25, 0.3) is 0 Å². The molecule has 6 rings (SSSR count). The van der Waals surface area contributed by atoms with Gasteiger partial charge in [0.25, 0.3) is 0 Å². The van der Waals surface area contributed by atoms with Crippen molar-refractivity contribution in [3.8, 4) is 17.2 Å². The fraction of sp³-hybridized carbons (Fsp3) is 0.265. The predicted molar refractivity (Wildman–Crippen MR) is 163 cm³/mol. The maximum atomic E-state index is 12.4. The third kappa shape index (κ3) is 5.93. The first-order valence-electron chi connectivity index (χ1n) is 14.0. The SMILES string of the molecule is CCC(c1ccccc1)N1Cc2cc3c(cc2CC1C(=O)O)OCC(c1cccc(OCc2ccc(Cl)c(Cl)c2)c1)O3. The van der Waals surface area contributed by atoms with Gasteiger partial charge in [0.2, 0.25) is 0 Å². The Morgan fingerprint density at radius 1 is 0.976 bits per heavy atom. The van der Waals surface area contributed by atoms with Crippen LogP contribution in [0, 0.1) is 0 Å². The number of carboxylic acids is 1. The van der Waals surface area contributed by atoms with Gasteiger partial charge in [-0.05, 0) is 77.1 Å². The topological polar surface area (TPSA) is 68.2 Å². The Kier molecular flexibility index (Phi) is 8.29. The number of hydrogen-bond donors (Lipinski definition) is 1. The lowest BCUT2D eigenvalue weighted by atomic mass is 9.89. The number of halogens is 2. The highest BCUT2D eigenvalue weighted by molar-refractivity contribution is 6.42. The van der Waals surface area contributed by atoms with E-state index < -0.39 is 12.0 Å². The van der Waals surface area contributed by atoms with Gasteiger partial charge in [-0.2, -0.15) is 0 Å². The van der Waals surface area contributed by atoms with Gasteiger partial charge in [-0.1, -0.05) is 78.7 Å². The molecule has 0 bridgehead atoms. The molecular formula is C34H31Cl2NO5. The van der Waals surface area contributed by atoms with E-state index in [9.17, 15) is 9.90 Å². The van der Waals surface area contributed by atoms with Gasteiger partial charge >= 0.3 is 5.97 Å². The van der Waals surface area contributed by atoms with Crippen LogP contribution in [-0.2, 0) is 24.4 Å². The second kappa shape index (κ2) is 12.3. The second-order valence-corrected chi connectivity index (χ2v) is 11.5. The van der Waals surface area contributed by atoms with Crippen molar-refractivity contribution < 1.29 is 24.1 Å². The zero-order valence-electron chi connectivity index (χ0n) is 23.1. The Hall–Kier alpha value is -3.71. The number of hydrogen-bond acceptors (Lipinski definition) is 5. The summed E-state index contributed by atoms with van der Waals surface area (Å²) in [6, 6.07) is 26.7. The predicted octanol–water partition coefficient (Wildman–Crippen LogP) is 8.05. The number of rotatable bonds is 8. The third-order valence-corrected chi connectivity index (χ3v) is 8.71. The van der Waals surface area contributed by atoms with Crippen LogP contribution in [0.2, 0.25) is 10.0 Å². The summed E-state index contributed by atoms with van der Waals surface area (Å²) < 4.78 is 18.6. The Balaban J connectivity index is 1.21.